The van der Waals surface area contributed by atoms with E-state index in [0.717, 1.165) is 24.8 Å². The van der Waals surface area contributed by atoms with Crippen molar-refractivity contribution in [1.82, 2.24) is 10.4 Å². The van der Waals surface area contributed by atoms with Gasteiger partial charge in [0.2, 0.25) is 0 Å². The normalized spacial score (nSPS) is 12.4. The number of nitrogens with one attached hydrogen (secondary N) is 1. The molecule has 1 atom stereocenters. The van der Waals surface area contributed by atoms with Crippen LogP contribution in [0.3, 0.4) is 0 Å². The first-order chi connectivity index (χ1) is 14.0. The molecular formula is C24H26ClN3O. The predicted octanol–water partition coefficient (Wildman–Crippen LogP) is 6.27. The number of hydrogen-bond acceptors (Lipinski definition) is 3. The van der Waals surface area contributed by atoms with Gasteiger partial charge in [0.15, 0.2) is 0 Å². The Morgan fingerprint density at radius 1 is 1.21 bits per heavy atom. The number of para-hydroxylation sites is 1. The van der Waals surface area contributed by atoms with Crippen molar-refractivity contribution in [3.05, 3.63) is 64.7 Å². The molecule has 0 saturated heterocycles. The first-order valence-electron chi connectivity index (χ1n) is 10.1. The Balaban J connectivity index is 2.00. The van der Waals surface area contributed by atoms with Gasteiger partial charge in [-0.1, -0.05) is 75.2 Å². The number of benzene rings is 2. The van der Waals surface area contributed by atoms with Gasteiger partial charge in [-0.05, 0) is 36.5 Å². The number of rotatable bonds is 7. The molecule has 150 valence electrons. The molecule has 3 aromatic rings. The Kier molecular flexibility index (Phi) is 6.99. The summed E-state index contributed by atoms with van der Waals surface area (Å²) in [6.45, 7) is 6.33. The van der Waals surface area contributed by atoms with Crippen molar-refractivity contribution in [2.24, 2.45) is 11.0 Å². The van der Waals surface area contributed by atoms with Crippen molar-refractivity contribution >= 4 is 34.6 Å². The zero-order chi connectivity index (χ0) is 20.8. The molecule has 5 heteroatoms. The molecule has 0 unspecified atom stereocenters. The minimum absolute atomic E-state index is 0.272. The third kappa shape index (κ3) is 5.01. The van der Waals surface area contributed by atoms with Gasteiger partial charge in [0.05, 0.1) is 21.8 Å². The number of pyridine rings is 1. The number of halogens is 1. The van der Waals surface area contributed by atoms with E-state index in [1.54, 1.807) is 18.3 Å². The number of hydrazone groups is 1. The highest BCUT2D eigenvalue weighted by Gasteiger charge is 2.15. The lowest BCUT2D eigenvalue weighted by Crippen LogP contribution is -2.19. The summed E-state index contributed by atoms with van der Waals surface area (Å²) in [6.07, 6.45) is 4.86. The number of nitrogens with zero attached hydrogens (tertiary/aromatic N) is 2. The van der Waals surface area contributed by atoms with Crippen molar-refractivity contribution in [3.63, 3.8) is 0 Å². The summed E-state index contributed by atoms with van der Waals surface area (Å²) in [6, 6.07) is 15.5. The molecule has 4 nitrogen and oxygen atoms in total. The quantitative estimate of drug-likeness (QED) is 0.370. The third-order valence-corrected chi connectivity index (χ3v) is 5.24. The van der Waals surface area contributed by atoms with Crippen LogP contribution in [0.1, 0.15) is 49.5 Å². The van der Waals surface area contributed by atoms with Crippen molar-refractivity contribution in [2.45, 2.75) is 40.0 Å². The summed E-state index contributed by atoms with van der Waals surface area (Å²) in [7, 11) is 0. The third-order valence-electron chi connectivity index (χ3n) is 4.93. The van der Waals surface area contributed by atoms with Crippen molar-refractivity contribution < 1.29 is 4.79 Å². The van der Waals surface area contributed by atoms with E-state index in [-0.39, 0.29) is 5.91 Å². The van der Waals surface area contributed by atoms with E-state index in [1.165, 1.54) is 5.56 Å². The van der Waals surface area contributed by atoms with E-state index in [0.29, 0.717) is 33.1 Å². The molecular weight excluding hydrogens is 382 g/mol. The number of amides is 1. The van der Waals surface area contributed by atoms with Gasteiger partial charge in [0.25, 0.3) is 5.91 Å². The van der Waals surface area contributed by atoms with Crippen LogP contribution >= 0.6 is 11.6 Å². The first kappa shape index (κ1) is 21.0. The van der Waals surface area contributed by atoms with Crippen LogP contribution < -0.4 is 5.43 Å². The second kappa shape index (κ2) is 9.66. The van der Waals surface area contributed by atoms with Gasteiger partial charge in [0, 0.05) is 17.2 Å². The summed E-state index contributed by atoms with van der Waals surface area (Å²) in [5, 5.41) is 5.37. The molecule has 0 spiro atoms. The fourth-order valence-electron chi connectivity index (χ4n) is 3.27. The van der Waals surface area contributed by atoms with Gasteiger partial charge in [-0.3, -0.25) is 4.79 Å². The minimum Gasteiger partial charge on any atom is -0.267 e. The molecule has 29 heavy (non-hydrogen) atoms. The Labute approximate surface area is 177 Å². The van der Waals surface area contributed by atoms with Crippen LogP contribution in [-0.4, -0.2) is 17.1 Å². The molecule has 0 radical (unpaired) electrons. The number of carbonyl (C=O) groups is 1. The van der Waals surface area contributed by atoms with Crippen molar-refractivity contribution in [1.29, 1.82) is 0 Å². The van der Waals surface area contributed by atoms with Crippen LogP contribution in [0.5, 0.6) is 0 Å². The molecule has 0 aliphatic rings. The Morgan fingerprint density at radius 3 is 2.66 bits per heavy atom. The van der Waals surface area contributed by atoms with Crippen LogP contribution in [0.25, 0.3) is 22.2 Å². The van der Waals surface area contributed by atoms with Gasteiger partial charge < -0.3 is 0 Å². The molecule has 0 aliphatic carbocycles. The summed E-state index contributed by atoms with van der Waals surface area (Å²) in [4.78, 5) is 17.6. The van der Waals surface area contributed by atoms with Crippen molar-refractivity contribution in [3.8, 4) is 11.3 Å². The maximum absolute atomic E-state index is 12.9. The van der Waals surface area contributed by atoms with Crippen LogP contribution in [0.4, 0.5) is 0 Å². The molecule has 0 saturated carbocycles. The van der Waals surface area contributed by atoms with Crippen LogP contribution in [0, 0.1) is 5.92 Å². The average molecular weight is 408 g/mol. The highest BCUT2D eigenvalue weighted by atomic mass is 35.5. The second-order valence-electron chi connectivity index (χ2n) is 7.23. The highest BCUT2D eigenvalue weighted by molar-refractivity contribution is 6.35. The lowest BCUT2D eigenvalue weighted by molar-refractivity contribution is 0.0956. The zero-order valence-corrected chi connectivity index (χ0v) is 17.8. The van der Waals surface area contributed by atoms with E-state index in [1.807, 2.05) is 24.3 Å². The van der Waals surface area contributed by atoms with E-state index in [4.69, 9.17) is 16.6 Å². The second-order valence-corrected chi connectivity index (χ2v) is 7.63. The Morgan fingerprint density at radius 2 is 1.97 bits per heavy atom. The van der Waals surface area contributed by atoms with Gasteiger partial charge in [0.1, 0.15) is 0 Å². The van der Waals surface area contributed by atoms with Gasteiger partial charge in [-0.15, -0.1) is 0 Å². The van der Waals surface area contributed by atoms with E-state index >= 15 is 0 Å². The standard InChI is InChI=1S/C24H26ClN3O/c1-4-7-16(3)15-26-28-24(29)20-14-22(18-12-10-17(5-2)11-13-18)27-23-19(20)8-6-9-21(23)25/h6,8-16H,4-5,7H2,1-3H3,(H,28,29)/b26-15-/t16-/m0/s1. The lowest BCUT2D eigenvalue weighted by atomic mass is 10.0. The minimum atomic E-state index is -0.272. The molecule has 0 aliphatic heterocycles. The molecule has 1 aromatic heterocycles. The smallest absolute Gasteiger partial charge is 0.267 e. The monoisotopic (exact) mass is 407 g/mol. The van der Waals surface area contributed by atoms with E-state index < -0.39 is 0 Å². The largest absolute Gasteiger partial charge is 0.272 e. The van der Waals surface area contributed by atoms with E-state index in [9.17, 15) is 4.79 Å². The highest BCUT2D eigenvalue weighted by Crippen LogP contribution is 2.29. The topological polar surface area (TPSA) is 54.4 Å². The van der Waals surface area contributed by atoms with Gasteiger partial charge in [-0.25, -0.2) is 10.4 Å². The fourth-order valence-corrected chi connectivity index (χ4v) is 3.49. The summed E-state index contributed by atoms with van der Waals surface area (Å²) >= 11 is 6.40. The van der Waals surface area contributed by atoms with Gasteiger partial charge >= 0.3 is 0 Å². The molecule has 1 N–H and O–H groups in total. The lowest BCUT2D eigenvalue weighted by Gasteiger charge is -2.11. The maximum atomic E-state index is 12.9. The predicted molar refractivity (Wildman–Crippen MR) is 122 cm³/mol. The number of hydrogen-bond donors (Lipinski definition) is 1. The van der Waals surface area contributed by atoms with Crippen molar-refractivity contribution in [2.75, 3.05) is 0 Å². The summed E-state index contributed by atoms with van der Waals surface area (Å²) in [5.41, 5.74) is 6.68. The molecule has 1 amide bonds. The van der Waals surface area contributed by atoms with Gasteiger partial charge in [-0.2, -0.15) is 5.10 Å². The number of aromatic nitrogens is 1. The SMILES string of the molecule is CCC[C@H](C)/C=N\NC(=O)c1cc(-c2ccc(CC)cc2)nc2c(Cl)cccc12. The molecule has 3 rings (SSSR count). The number of aryl methyl sites for hydroxylation is 1. The molecule has 2 aromatic carbocycles. The van der Waals surface area contributed by atoms with E-state index in [2.05, 4.69) is 43.4 Å². The van der Waals surface area contributed by atoms with Crippen LogP contribution in [0.15, 0.2) is 53.6 Å². The molecule has 0 bridgehead atoms. The fraction of sp³-hybridized carbons (Fsp3) is 0.292. The maximum Gasteiger partial charge on any atom is 0.272 e. The number of fused-ring (bicyclic) bond motifs is 1. The zero-order valence-electron chi connectivity index (χ0n) is 17.1. The Bertz CT molecular complexity index is 1030. The number of carbonyl (C=O) groups excluding carboxylic acids is 1. The first-order valence-corrected chi connectivity index (χ1v) is 10.4. The van der Waals surface area contributed by atoms with Crippen LogP contribution in [0.2, 0.25) is 5.02 Å². The van der Waals surface area contributed by atoms with Crippen LogP contribution in [-0.2, 0) is 6.42 Å². The molecule has 1 heterocycles. The summed E-state index contributed by atoms with van der Waals surface area (Å²) < 4.78 is 0. The summed E-state index contributed by atoms with van der Waals surface area (Å²) in [5.74, 6) is 0.0441. The Hall–Kier alpha value is -2.72. The average Bonchev–Trinajstić information content (AvgIpc) is 2.73. The molecule has 0 fully saturated rings.